The maximum absolute atomic E-state index is 9.67. The molecular formula is C15H18ClNO3S. The van der Waals surface area contributed by atoms with Crippen molar-refractivity contribution in [2.24, 2.45) is 0 Å². The lowest BCUT2D eigenvalue weighted by Crippen LogP contribution is -2.33. The fraction of sp³-hybridized carbons (Fsp3) is 0.333. The standard InChI is InChI=1S/C15H17NO3S.ClH/c1-9-4-15(20-8-9)19-7-12-11-6-14(18)13(17)5-10(11)2-3-16-12;/h4-6,8,12,16-18H,2-3,7H2,1H3;1H. The van der Waals surface area contributed by atoms with Gasteiger partial charge in [-0.15, -0.1) is 23.7 Å². The number of phenolic OH excluding ortho intramolecular Hbond substituents is 2. The van der Waals surface area contributed by atoms with Crippen LogP contribution in [0.4, 0.5) is 0 Å². The number of thiophene rings is 1. The summed E-state index contributed by atoms with van der Waals surface area (Å²) >= 11 is 1.59. The number of hydrogen-bond acceptors (Lipinski definition) is 5. The first-order valence-corrected chi connectivity index (χ1v) is 7.47. The Kier molecular flexibility index (Phi) is 4.98. The van der Waals surface area contributed by atoms with Gasteiger partial charge in [0, 0.05) is 0 Å². The van der Waals surface area contributed by atoms with E-state index in [9.17, 15) is 10.2 Å². The Balaban J connectivity index is 0.00000161. The number of halogens is 1. The van der Waals surface area contributed by atoms with Crippen LogP contribution in [0.15, 0.2) is 23.6 Å². The Morgan fingerprint density at radius 3 is 2.76 bits per heavy atom. The molecule has 0 bridgehead atoms. The minimum atomic E-state index is -0.0792. The van der Waals surface area contributed by atoms with Crippen molar-refractivity contribution in [3.63, 3.8) is 0 Å². The van der Waals surface area contributed by atoms with Gasteiger partial charge in [-0.25, -0.2) is 0 Å². The molecule has 3 N–H and O–H groups in total. The fourth-order valence-electron chi connectivity index (χ4n) is 2.46. The van der Waals surface area contributed by atoms with Gasteiger partial charge in [0.1, 0.15) is 6.61 Å². The van der Waals surface area contributed by atoms with Gasteiger partial charge in [-0.3, -0.25) is 0 Å². The lowest BCUT2D eigenvalue weighted by atomic mass is 9.94. The number of nitrogens with one attached hydrogen (secondary N) is 1. The second-order valence-electron chi connectivity index (χ2n) is 5.05. The van der Waals surface area contributed by atoms with E-state index in [1.165, 1.54) is 5.56 Å². The fourth-order valence-corrected chi connectivity index (χ4v) is 3.22. The number of hydrogen-bond donors (Lipinski definition) is 3. The third-order valence-corrected chi connectivity index (χ3v) is 4.45. The van der Waals surface area contributed by atoms with Crippen molar-refractivity contribution in [3.8, 4) is 16.6 Å². The number of phenols is 2. The van der Waals surface area contributed by atoms with Gasteiger partial charge in [0.25, 0.3) is 0 Å². The molecule has 1 aromatic heterocycles. The van der Waals surface area contributed by atoms with Gasteiger partial charge in [0.05, 0.1) is 6.04 Å². The lowest BCUT2D eigenvalue weighted by molar-refractivity contribution is 0.267. The molecule has 0 radical (unpaired) electrons. The van der Waals surface area contributed by atoms with Gasteiger partial charge in [0.2, 0.25) is 0 Å². The Bertz CT molecular complexity index is 629. The highest BCUT2D eigenvalue weighted by molar-refractivity contribution is 7.12. The highest BCUT2D eigenvalue weighted by atomic mass is 35.5. The lowest BCUT2D eigenvalue weighted by Gasteiger charge is -2.27. The molecule has 3 rings (SSSR count). The molecule has 114 valence electrons. The number of rotatable bonds is 3. The zero-order valence-electron chi connectivity index (χ0n) is 11.6. The third kappa shape index (κ3) is 3.43. The quantitative estimate of drug-likeness (QED) is 0.758. The Labute approximate surface area is 133 Å². The minimum Gasteiger partial charge on any atom is -0.504 e. The topological polar surface area (TPSA) is 61.7 Å². The minimum absolute atomic E-state index is 0. The van der Waals surface area contributed by atoms with Crippen LogP contribution < -0.4 is 10.1 Å². The van der Waals surface area contributed by atoms with Crippen LogP contribution >= 0.6 is 23.7 Å². The van der Waals surface area contributed by atoms with Gasteiger partial charge in [-0.05, 0) is 60.2 Å². The van der Waals surface area contributed by atoms with Crippen LogP contribution in [-0.4, -0.2) is 23.4 Å². The molecule has 1 atom stereocenters. The van der Waals surface area contributed by atoms with Gasteiger partial charge in [-0.2, -0.15) is 0 Å². The predicted molar refractivity (Wildman–Crippen MR) is 86.0 cm³/mol. The molecule has 1 aliphatic rings. The number of benzene rings is 1. The Morgan fingerprint density at radius 1 is 1.29 bits per heavy atom. The summed E-state index contributed by atoms with van der Waals surface area (Å²) in [6.07, 6.45) is 0.845. The molecule has 1 unspecified atom stereocenters. The number of aryl methyl sites for hydroxylation is 1. The van der Waals surface area contributed by atoms with Crippen LogP contribution in [0.5, 0.6) is 16.6 Å². The number of fused-ring (bicyclic) bond motifs is 1. The van der Waals surface area contributed by atoms with Gasteiger partial charge in [-0.1, -0.05) is 0 Å². The van der Waals surface area contributed by atoms with Crippen molar-refractivity contribution in [3.05, 3.63) is 40.3 Å². The molecule has 2 heterocycles. The van der Waals surface area contributed by atoms with Crippen molar-refractivity contribution in [2.45, 2.75) is 19.4 Å². The van der Waals surface area contributed by atoms with Crippen LogP contribution in [0.3, 0.4) is 0 Å². The molecule has 2 aromatic rings. The molecule has 21 heavy (non-hydrogen) atoms. The second-order valence-corrected chi connectivity index (χ2v) is 5.92. The third-order valence-electron chi connectivity index (χ3n) is 3.50. The normalized spacial score (nSPS) is 16.9. The van der Waals surface area contributed by atoms with E-state index in [2.05, 4.69) is 10.7 Å². The van der Waals surface area contributed by atoms with Crippen LogP contribution in [0.1, 0.15) is 22.7 Å². The number of ether oxygens (including phenoxy) is 1. The smallest absolute Gasteiger partial charge is 0.174 e. The van der Waals surface area contributed by atoms with Crippen molar-refractivity contribution < 1.29 is 14.9 Å². The zero-order chi connectivity index (χ0) is 14.1. The molecular weight excluding hydrogens is 310 g/mol. The number of aromatic hydroxyl groups is 2. The zero-order valence-corrected chi connectivity index (χ0v) is 13.3. The van der Waals surface area contributed by atoms with Crippen LogP contribution in [0.2, 0.25) is 0 Å². The van der Waals surface area contributed by atoms with Crippen molar-refractivity contribution in [1.82, 2.24) is 5.32 Å². The molecule has 0 amide bonds. The van der Waals surface area contributed by atoms with E-state index in [0.29, 0.717) is 6.61 Å². The summed E-state index contributed by atoms with van der Waals surface area (Å²) in [5, 5.41) is 25.6. The molecule has 0 saturated heterocycles. The molecule has 1 aromatic carbocycles. The van der Waals surface area contributed by atoms with E-state index >= 15 is 0 Å². The van der Waals surface area contributed by atoms with Crippen LogP contribution in [-0.2, 0) is 6.42 Å². The monoisotopic (exact) mass is 327 g/mol. The van der Waals surface area contributed by atoms with E-state index in [1.54, 1.807) is 23.5 Å². The summed E-state index contributed by atoms with van der Waals surface area (Å²) in [7, 11) is 0. The van der Waals surface area contributed by atoms with E-state index in [-0.39, 0.29) is 29.9 Å². The van der Waals surface area contributed by atoms with Gasteiger partial charge in [0.15, 0.2) is 16.6 Å². The summed E-state index contributed by atoms with van der Waals surface area (Å²) < 4.78 is 5.81. The summed E-state index contributed by atoms with van der Waals surface area (Å²) in [5.41, 5.74) is 3.26. The van der Waals surface area contributed by atoms with Crippen molar-refractivity contribution >= 4 is 23.7 Å². The van der Waals surface area contributed by atoms with E-state index in [4.69, 9.17) is 4.74 Å². The average Bonchev–Trinajstić information content (AvgIpc) is 2.84. The molecule has 0 spiro atoms. The van der Waals surface area contributed by atoms with Gasteiger partial charge < -0.3 is 20.3 Å². The molecule has 0 aliphatic carbocycles. The Morgan fingerprint density at radius 2 is 2.05 bits per heavy atom. The summed E-state index contributed by atoms with van der Waals surface area (Å²) in [5.74, 6) is -0.136. The average molecular weight is 328 g/mol. The van der Waals surface area contributed by atoms with Crippen LogP contribution in [0.25, 0.3) is 0 Å². The van der Waals surface area contributed by atoms with Crippen molar-refractivity contribution in [1.29, 1.82) is 0 Å². The molecule has 4 nitrogen and oxygen atoms in total. The molecule has 6 heteroatoms. The second kappa shape index (κ2) is 6.56. The van der Waals surface area contributed by atoms with Gasteiger partial charge >= 0.3 is 0 Å². The summed E-state index contributed by atoms with van der Waals surface area (Å²) in [6, 6.07) is 5.33. The first-order valence-electron chi connectivity index (χ1n) is 6.59. The van der Waals surface area contributed by atoms with Crippen LogP contribution in [0, 0.1) is 6.92 Å². The molecule has 0 saturated carbocycles. The largest absolute Gasteiger partial charge is 0.504 e. The van der Waals surface area contributed by atoms with Crippen molar-refractivity contribution in [2.75, 3.05) is 13.2 Å². The van der Waals surface area contributed by atoms with E-state index in [0.717, 1.165) is 29.2 Å². The highest BCUT2D eigenvalue weighted by Crippen LogP contribution is 2.34. The van der Waals surface area contributed by atoms with E-state index < -0.39 is 0 Å². The first kappa shape index (κ1) is 15.9. The predicted octanol–water partition coefficient (Wildman–Crippen LogP) is 3.16. The molecule has 0 fully saturated rings. The Hall–Kier alpha value is -1.43. The SMILES string of the molecule is Cc1csc(OCC2NCCc3cc(O)c(O)cc32)c1.Cl. The molecule has 1 aliphatic heterocycles. The summed E-state index contributed by atoms with van der Waals surface area (Å²) in [4.78, 5) is 0. The summed E-state index contributed by atoms with van der Waals surface area (Å²) in [6.45, 7) is 3.39. The first-order chi connectivity index (χ1) is 9.63. The maximum atomic E-state index is 9.67. The van der Waals surface area contributed by atoms with E-state index in [1.807, 2.05) is 13.0 Å². The highest BCUT2D eigenvalue weighted by Gasteiger charge is 2.22. The maximum Gasteiger partial charge on any atom is 0.174 e.